The van der Waals surface area contributed by atoms with E-state index in [2.05, 4.69) is 48.5 Å². The lowest BCUT2D eigenvalue weighted by molar-refractivity contribution is -0.127. The smallest absolute Gasteiger partial charge is 0.243 e. The lowest BCUT2D eigenvalue weighted by Gasteiger charge is -2.20. The summed E-state index contributed by atoms with van der Waals surface area (Å²) in [4.78, 5) is 17.6. The van der Waals surface area contributed by atoms with E-state index in [1.807, 2.05) is 12.1 Å². The fraction of sp³-hybridized carbons (Fsp3) is 0.529. The van der Waals surface area contributed by atoms with Crippen molar-refractivity contribution in [2.24, 2.45) is 4.99 Å². The molecule has 0 heterocycles. The summed E-state index contributed by atoms with van der Waals surface area (Å²) in [6.45, 7) is 7.26. The quantitative estimate of drug-likeness (QED) is 0.625. The Kier molecular flexibility index (Phi) is 7.43. The first kappa shape index (κ1) is 18.0. The molecular formula is C17H28N4O. The number of aliphatic imine (C=N–C) groups is 1. The highest BCUT2D eigenvalue weighted by molar-refractivity contribution is 5.85. The number of nitrogens with zero attached hydrogens (tertiary/aromatic N) is 2. The topological polar surface area (TPSA) is 56.7 Å². The Morgan fingerprint density at radius 1 is 1.32 bits per heavy atom. The summed E-state index contributed by atoms with van der Waals surface area (Å²) in [7, 11) is 3.47. The van der Waals surface area contributed by atoms with Crippen LogP contribution in [-0.4, -0.2) is 44.0 Å². The number of carbonyl (C=O) groups is 1. The molecule has 1 aromatic rings. The number of guanidine groups is 1. The third-order valence-corrected chi connectivity index (χ3v) is 3.42. The standard InChI is InChI=1S/C17H28N4O/c1-6-11-18-17(19-12-16(22)21(4)5)20-14(3)15-10-8-7-9-13(15)2/h7-10,14H,6,11-12H2,1-5H3,(H2,18,19,20). The Labute approximate surface area is 133 Å². The van der Waals surface area contributed by atoms with Gasteiger partial charge in [0.1, 0.15) is 6.54 Å². The minimum absolute atomic E-state index is 0.0128. The number of hydrogen-bond donors (Lipinski definition) is 2. The third kappa shape index (κ3) is 5.76. The molecule has 0 aliphatic rings. The van der Waals surface area contributed by atoms with E-state index >= 15 is 0 Å². The second-order valence-electron chi connectivity index (χ2n) is 5.60. The van der Waals surface area contributed by atoms with E-state index < -0.39 is 0 Å². The summed E-state index contributed by atoms with van der Waals surface area (Å²) in [5.41, 5.74) is 2.47. The molecule has 22 heavy (non-hydrogen) atoms. The summed E-state index contributed by atoms with van der Waals surface area (Å²) >= 11 is 0. The molecule has 0 radical (unpaired) electrons. The van der Waals surface area contributed by atoms with E-state index in [1.54, 1.807) is 19.0 Å². The van der Waals surface area contributed by atoms with Gasteiger partial charge in [-0.2, -0.15) is 0 Å². The van der Waals surface area contributed by atoms with Gasteiger partial charge < -0.3 is 15.5 Å². The number of carbonyl (C=O) groups excluding carboxylic acids is 1. The first-order valence-electron chi connectivity index (χ1n) is 7.76. The molecule has 0 saturated carbocycles. The zero-order chi connectivity index (χ0) is 16.5. The highest BCUT2D eigenvalue weighted by atomic mass is 16.2. The van der Waals surface area contributed by atoms with Crippen LogP contribution in [0.25, 0.3) is 0 Å². The molecule has 5 heteroatoms. The maximum absolute atomic E-state index is 11.7. The minimum atomic E-state index is -0.0128. The second-order valence-corrected chi connectivity index (χ2v) is 5.60. The molecular weight excluding hydrogens is 276 g/mol. The van der Waals surface area contributed by atoms with E-state index in [1.165, 1.54) is 11.1 Å². The molecule has 5 nitrogen and oxygen atoms in total. The van der Waals surface area contributed by atoms with Gasteiger partial charge in [0.15, 0.2) is 5.96 Å². The zero-order valence-electron chi connectivity index (χ0n) is 14.3. The van der Waals surface area contributed by atoms with Crippen LogP contribution in [0.15, 0.2) is 29.3 Å². The van der Waals surface area contributed by atoms with Gasteiger partial charge in [0, 0.05) is 20.6 Å². The molecule has 122 valence electrons. The van der Waals surface area contributed by atoms with Crippen LogP contribution in [-0.2, 0) is 4.79 Å². The van der Waals surface area contributed by atoms with Crippen LogP contribution in [0.4, 0.5) is 0 Å². The van der Waals surface area contributed by atoms with Crippen molar-refractivity contribution < 1.29 is 4.79 Å². The largest absolute Gasteiger partial charge is 0.356 e. The van der Waals surface area contributed by atoms with E-state index in [-0.39, 0.29) is 18.5 Å². The van der Waals surface area contributed by atoms with Crippen molar-refractivity contribution in [3.8, 4) is 0 Å². The van der Waals surface area contributed by atoms with E-state index in [0.717, 1.165) is 13.0 Å². The number of hydrogen-bond acceptors (Lipinski definition) is 2. The normalized spacial score (nSPS) is 12.7. The van der Waals surface area contributed by atoms with Crippen molar-refractivity contribution >= 4 is 11.9 Å². The molecule has 0 aliphatic heterocycles. The van der Waals surface area contributed by atoms with E-state index in [0.29, 0.717) is 5.96 Å². The Morgan fingerprint density at radius 2 is 2.00 bits per heavy atom. The van der Waals surface area contributed by atoms with Crippen molar-refractivity contribution in [3.63, 3.8) is 0 Å². The molecule has 0 saturated heterocycles. The molecule has 1 atom stereocenters. The molecule has 0 bridgehead atoms. The fourth-order valence-electron chi connectivity index (χ4n) is 2.04. The van der Waals surface area contributed by atoms with Crippen molar-refractivity contribution in [3.05, 3.63) is 35.4 Å². The maximum Gasteiger partial charge on any atom is 0.243 e. The predicted octanol–water partition coefficient (Wildman–Crippen LogP) is 2.09. The number of benzene rings is 1. The van der Waals surface area contributed by atoms with Gasteiger partial charge in [0.2, 0.25) is 5.91 Å². The molecule has 0 aromatic heterocycles. The van der Waals surface area contributed by atoms with E-state index in [9.17, 15) is 4.79 Å². The van der Waals surface area contributed by atoms with Crippen molar-refractivity contribution in [2.45, 2.75) is 33.2 Å². The van der Waals surface area contributed by atoms with Gasteiger partial charge in [-0.25, -0.2) is 4.99 Å². The number of likely N-dealkylation sites (N-methyl/N-ethyl adjacent to an activating group) is 1. The van der Waals surface area contributed by atoms with Gasteiger partial charge in [-0.1, -0.05) is 31.2 Å². The second kappa shape index (κ2) is 9.07. The third-order valence-electron chi connectivity index (χ3n) is 3.42. The van der Waals surface area contributed by atoms with Crippen LogP contribution < -0.4 is 10.6 Å². The molecule has 0 aliphatic carbocycles. The number of aryl methyl sites for hydroxylation is 1. The van der Waals surface area contributed by atoms with Crippen molar-refractivity contribution in [2.75, 3.05) is 27.2 Å². The Hall–Kier alpha value is -2.04. The summed E-state index contributed by atoms with van der Waals surface area (Å²) in [6.07, 6.45) is 1.00. The van der Waals surface area contributed by atoms with Gasteiger partial charge in [-0.15, -0.1) is 0 Å². The van der Waals surface area contributed by atoms with Gasteiger partial charge in [0.05, 0.1) is 6.04 Å². The highest BCUT2D eigenvalue weighted by Crippen LogP contribution is 2.16. The van der Waals surface area contributed by atoms with Crippen molar-refractivity contribution in [1.82, 2.24) is 15.5 Å². The average Bonchev–Trinajstić information content (AvgIpc) is 2.49. The highest BCUT2D eigenvalue weighted by Gasteiger charge is 2.10. The predicted molar refractivity (Wildman–Crippen MR) is 92.0 cm³/mol. The Morgan fingerprint density at radius 3 is 2.59 bits per heavy atom. The lowest BCUT2D eigenvalue weighted by atomic mass is 10.0. The SMILES string of the molecule is CCCNC(=NCC(=O)N(C)C)NC(C)c1ccccc1C. The molecule has 1 amide bonds. The monoisotopic (exact) mass is 304 g/mol. The number of rotatable bonds is 6. The summed E-state index contributed by atoms with van der Waals surface area (Å²) in [5, 5.41) is 6.62. The van der Waals surface area contributed by atoms with Gasteiger partial charge >= 0.3 is 0 Å². The molecule has 1 rings (SSSR count). The van der Waals surface area contributed by atoms with Gasteiger partial charge in [0.25, 0.3) is 0 Å². The first-order chi connectivity index (χ1) is 10.5. The van der Waals surface area contributed by atoms with E-state index in [4.69, 9.17) is 0 Å². The van der Waals surface area contributed by atoms with Crippen LogP contribution in [0.1, 0.15) is 37.4 Å². The first-order valence-corrected chi connectivity index (χ1v) is 7.76. The van der Waals surface area contributed by atoms with Gasteiger partial charge in [-0.05, 0) is 31.4 Å². The molecule has 2 N–H and O–H groups in total. The lowest BCUT2D eigenvalue weighted by Crippen LogP contribution is -2.40. The molecule has 1 unspecified atom stereocenters. The van der Waals surface area contributed by atoms with Crippen LogP contribution in [0, 0.1) is 6.92 Å². The summed E-state index contributed by atoms with van der Waals surface area (Å²) in [6, 6.07) is 8.39. The van der Waals surface area contributed by atoms with Crippen molar-refractivity contribution in [1.29, 1.82) is 0 Å². The molecule has 0 fully saturated rings. The molecule has 0 spiro atoms. The van der Waals surface area contributed by atoms with Crippen LogP contribution >= 0.6 is 0 Å². The summed E-state index contributed by atoms with van der Waals surface area (Å²) < 4.78 is 0. The van der Waals surface area contributed by atoms with Crippen LogP contribution in [0.2, 0.25) is 0 Å². The fourth-order valence-corrected chi connectivity index (χ4v) is 2.04. The Balaban J connectivity index is 2.77. The number of amides is 1. The maximum atomic E-state index is 11.7. The molecule has 1 aromatic carbocycles. The Bertz CT molecular complexity index is 511. The summed E-state index contributed by atoms with van der Waals surface area (Å²) in [5.74, 6) is 0.661. The average molecular weight is 304 g/mol. The van der Waals surface area contributed by atoms with Gasteiger partial charge in [-0.3, -0.25) is 4.79 Å². The van der Waals surface area contributed by atoms with Crippen LogP contribution in [0.5, 0.6) is 0 Å². The van der Waals surface area contributed by atoms with Crippen LogP contribution in [0.3, 0.4) is 0 Å². The number of nitrogens with one attached hydrogen (secondary N) is 2. The zero-order valence-corrected chi connectivity index (χ0v) is 14.3. The minimum Gasteiger partial charge on any atom is -0.356 e.